The highest BCUT2D eigenvalue weighted by molar-refractivity contribution is 6.31. The number of hydrogen-bond donors (Lipinski definition) is 2. The van der Waals surface area contributed by atoms with Crippen LogP contribution < -0.4 is 10.2 Å². The summed E-state index contributed by atoms with van der Waals surface area (Å²) in [5.74, 6) is -1.90. The van der Waals surface area contributed by atoms with Gasteiger partial charge in [-0.3, -0.25) is 14.5 Å². The topological polar surface area (TPSA) is 95.9 Å². The molecule has 0 aromatic heterocycles. The third kappa shape index (κ3) is 4.99. The Kier molecular flexibility index (Phi) is 6.60. The Morgan fingerprint density at radius 1 is 0.939 bits per heavy atom. The van der Waals surface area contributed by atoms with Crippen molar-refractivity contribution < 1.29 is 24.2 Å². The highest BCUT2D eigenvalue weighted by Crippen LogP contribution is 2.44. The first-order valence-electron chi connectivity index (χ1n) is 10.3. The first kappa shape index (κ1) is 22.4. The van der Waals surface area contributed by atoms with Crippen LogP contribution in [0.5, 0.6) is 0 Å². The Balaban J connectivity index is 1.38. The number of ether oxygens (including phenoxy) is 1. The van der Waals surface area contributed by atoms with Crippen molar-refractivity contribution in [1.29, 1.82) is 0 Å². The molecule has 0 radical (unpaired) electrons. The zero-order valence-corrected chi connectivity index (χ0v) is 18.3. The molecule has 1 aliphatic carbocycles. The third-order valence-corrected chi connectivity index (χ3v) is 5.68. The number of benzene rings is 3. The van der Waals surface area contributed by atoms with Crippen molar-refractivity contribution in [1.82, 2.24) is 5.32 Å². The molecule has 0 saturated carbocycles. The molecule has 3 aromatic rings. The van der Waals surface area contributed by atoms with Crippen molar-refractivity contribution in [2.75, 3.05) is 24.6 Å². The summed E-state index contributed by atoms with van der Waals surface area (Å²) in [6.07, 6.45) is -0.758. The fourth-order valence-electron chi connectivity index (χ4n) is 4.00. The fraction of sp³-hybridized carbons (Fsp3) is 0.160. The van der Waals surface area contributed by atoms with Gasteiger partial charge in [0.1, 0.15) is 19.7 Å². The molecule has 168 valence electrons. The lowest BCUT2D eigenvalue weighted by Crippen LogP contribution is -2.43. The van der Waals surface area contributed by atoms with E-state index in [-0.39, 0.29) is 12.5 Å². The highest BCUT2D eigenvalue weighted by atomic mass is 35.5. The monoisotopic (exact) mass is 464 g/mol. The molecule has 1 aliphatic rings. The number of fused-ring (bicyclic) bond motifs is 3. The lowest BCUT2D eigenvalue weighted by Gasteiger charge is -2.21. The number of carboxylic acids is 1. The summed E-state index contributed by atoms with van der Waals surface area (Å²) in [5, 5.41) is 11.9. The van der Waals surface area contributed by atoms with Crippen molar-refractivity contribution in [2.24, 2.45) is 0 Å². The van der Waals surface area contributed by atoms with Crippen molar-refractivity contribution in [3.63, 3.8) is 0 Å². The Morgan fingerprint density at radius 2 is 1.58 bits per heavy atom. The average molecular weight is 465 g/mol. The molecule has 2 amide bonds. The van der Waals surface area contributed by atoms with Crippen LogP contribution in [0.25, 0.3) is 11.1 Å². The van der Waals surface area contributed by atoms with Crippen molar-refractivity contribution in [2.45, 2.75) is 5.92 Å². The Bertz CT molecular complexity index is 1170. The summed E-state index contributed by atoms with van der Waals surface area (Å²) in [5.41, 5.74) is 4.71. The van der Waals surface area contributed by atoms with Crippen LogP contribution in [-0.2, 0) is 14.3 Å². The summed E-state index contributed by atoms with van der Waals surface area (Å²) in [6, 6.07) is 22.2. The molecule has 33 heavy (non-hydrogen) atoms. The summed E-state index contributed by atoms with van der Waals surface area (Å²) in [7, 11) is 0. The highest BCUT2D eigenvalue weighted by Gasteiger charge is 2.29. The number of carbonyl (C=O) groups excluding carboxylic acids is 2. The van der Waals surface area contributed by atoms with Gasteiger partial charge in [0.25, 0.3) is 0 Å². The van der Waals surface area contributed by atoms with Gasteiger partial charge in [-0.15, -0.1) is 0 Å². The molecule has 0 unspecified atom stereocenters. The van der Waals surface area contributed by atoms with E-state index in [1.165, 1.54) is 6.07 Å². The second kappa shape index (κ2) is 9.75. The smallest absolute Gasteiger partial charge is 0.407 e. The van der Waals surface area contributed by atoms with Crippen molar-refractivity contribution >= 4 is 35.3 Å². The molecule has 7 nitrogen and oxygen atoms in total. The first-order chi connectivity index (χ1) is 15.9. The maximum atomic E-state index is 12.6. The first-order valence-corrected chi connectivity index (χ1v) is 10.7. The lowest BCUT2D eigenvalue weighted by atomic mass is 9.98. The summed E-state index contributed by atoms with van der Waals surface area (Å²) < 4.78 is 5.42. The SMILES string of the molecule is O=C(O)CN(C(=O)CNC(=O)OCC1c2ccccc2-c2ccccc21)c1cccc(Cl)c1. The van der Waals surface area contributed by atoms with Gasteiger partial charge >= 0.3 is 12.1 Å². The average Bonchev–Trinajstić information content (AvgIpc) is 3.13. The molecule has 4 rings (SSSR count). The van der Waals surface area contributed by atoms with Gasteiger partial charge in [0.15, 0.2) is 0 Å². The van der Waals surface area contributed by atoms with Gasteiger partial charge < -0.3 is 15.2 Å². The van der Waals surface area contributed by atoms with Gasteiger partial charge in [0.05, 0.1) is 0 Å². The van der Waals surface area contributed by atoms with E-state index in [1.54, 1.807) is 18.2 Å². The van der Waals surface area contributed by atoms with Gasteiger partial charge in [-0.05, 0) is 40.5 Å². The van der Waals surface area contributed by atoms with Crippen LogP contribution in [0, 0.1) is 0 Å². The molecule has 0 bridgehead atoms. The molecule has 0 fully saturated rings. The van der Waals surface area contributed by atoms with Crippen LogP contribution in [-0.4, -0.2) is 42.8 Å². The molecule has 0 heterocycles. The number of hydrogen-bond acceptors (Lipinski definition) is 4. The van der Waals surface area contributed by atoms with Crippen LogP contribution in [0.2, 0.25) is 5.02 Å². The molecule has 0 spiro atoms. The minimum absolute atomic E-state index is 0.103. The Labute approximate surface area is 195 Å². The summed E-state index contributed by atoms with van der Waals surface area (Å²) >= 11 is 5.96. The Hall–Kier alpha value is -3.84. The number of halogens is 1. The number of rotatable bonds is 7. The van der Waals surface area contributed by atoms with Gasteiger partial charge in [-0.1, -0.05) is 66.2 Å². The molecule has 2 N–H and O–H groups in total. The minimum Gasteiger partial charge on any atom is -0.480 e. The lowest BCUT2D eigenvalue weighted by molar-refractivity contribution is -0.136. The normalized spacial score (nSPS) is 11.9. The zero-order chi connectivity index (χ0) is 23.4. The van der Waals surface area contributed by atoms with E-state index in [9.17, 15) is 14.4 Å². The predicted molar refractivity (Wildman–Crippen MR) is 125 cm³/mol. The number of nitrogens with one attached hydrogen (secondary N) is 1. The van der Waals surface area contributed by atoms with E-state index in [4.69, 9.17) is 21.4 Å². The number of carboxylic acid groups (broad SMARTS) is 1. The van der Waals surface area contributed by atoms with Gasteiger partial charge in [-0.25, -0.2) is 4.79 Å². The molecule has 0 atom stereocenters. The fourth-order valence-corrected chi connectivity index (χ4v) is 4.18. The van der Waals surface area contributed by atoms with Crippen molar-refractivity contribution in [3.05, 3.63) is 88.9 Å². The zero-order valence-electron chi connectivity index (χ0n) is 17.5. The van der Waals surface area contributed by atoms with Gasteiger partial charge in [0.2, 0.25) is 5.91 Å². The van der Waals surface area contributed by atoms with Crippen LogP contribution in [0.3, 0.4) is 0 Å². The van der Waals surface area contributed by atoms with Gasteiger partial charge in [-0.2, -0.15) is 0 Å². The van der Waals surface area contributed by atoms with Crippen LogP contribution in [0.1, 0.15) is 17.0 Å². The maximum absolute atomic E-state index is 12.6. The third-order valence-electron chi connectivity index (χ3n) is 5.44. The number of amides is 2. The molecule has 0 aliphatic heterocycles. The number of aliphatic carboxylic acids is 1. The minimum atomic E-state index is -1.19. The van der Waals surface area contributed by atoms with Crippen LogP contribution in [0.4, 0.5) is 10.5 Å². The van der Waals surface area contributed by atoms with E-state index in [0.717, 1.165) is 27.2 Å². The summed E-state index contributed by atoms with van der Waals surface area (Å²) in [6.45, 7) is -0.872. The van der Waals surface area contributed by atoms with E-state index >= 15 is 0 Å². The Morgan fingerprint density at radius 3 is 2.18 bits per heavy atom. The quantitative estimate of drug-likeness (QED) is 0.543. The van der Waals surface area contributed by atoms with E-state index < -0.39 is 31.1 Å². The number of alkyl carbamates (subject to hydrolysis) is 1. The second-order valence-electron chi connectivity index (χ2n) is 7.53. The van der Waals surface area contributed by atoms with Crippen LogP contribution >= 0.6 is 11.6 Å². The van der Waals surface area contributed by atoms with E-state index in [1.807, 2.05) is 48.5 Å². The number of carbonyl (C=O) groups is 3. The predicted octanol–water partition coefficient (Wildman–Crippen LogP) is 4.30. The standard InChI is InChI=1S/C25H21ClN2O5/c26-16-6-5-7-17(12-16)28(14-24(30)31)23(29)13-27-25(32)33-15-22-20-10-3-1-8-18(20)19-9-2-4-11-21(19)22/h1-12,22H,13-15H2,(H,27,32)(H,30,31). The van der Waals surface area contributed by atoms with E-state index in [2.05, 4.69) is 5.32 Å². The molecule has 0 saturated heterocycles. The van der Waals surface area contributed by atoms with E-state index in [0.29, 0.717) is 10.7 Å². The van der Waals surface area contributed by atoms with Gasteiger partial charge in [0, 0.05) is 16.6 Å². The maximum Gasteiger partial charge on any atom is 0.407 e. The largest absolute Gasteiger partial charge is 0.480 e. The molecular formula is C25H21ClN2O5. The molecule has 8 heteroatoms. The number of nitrogens with zero attached hydrogens (tertiary/aromatic N) is 1. The molecule has 3 aromatic carbocycles. The molecular weight excluding hydrogens is 444 g/mol. The van der Waals surface area contributed by atoms with Crippen LogP contribution in [0.15, 0.2) is 72.8 Å². The number of anilines is 1. The van der Waals surface area contributed by atoms with Crippen molar-refractivity contribution in [3.8, 4) is 11.1 Å². The second-order valence-corrected chi connectivity index (χ2v) is 7.97. The summed E-state index contributed by atoms with van der Waals surface area (Å²) in [4.78, 5) is 37.2.